The highest BCUT2D eigenvalue weighted by atomic mass is 16.1. The van der Waals surface area contributed by atoms with Gasteiger partial charge in [0.2, 0.25) is 0 Å². The molecule has 0 atom stereocenters. The molecule has 1 fully saturated rings. The van der Waals surface area contributed by atoms with Gasteiger partial charge < -0.3 is 16.8 Å². The number of benzene rings is 1. The topological polar surface area (TPSA) is 116 Å². The molecule has 7 nitrogen and oxygen atoms in total. The molecule has 0 spiro atoms. The molecule has 1 aromatic carbocycles. The van der Waals surface area contributed by atoms with Gasteiger partial charge in [0, 0.05) is 24.2 Å². The summed E-state index contributed by atoms with van der Waals surface area (Å²) in [7, 11) is 0. The molecule has 1 saturated carbocycles. The Bertz CT molecular complexity index is 999. The van der Waals surface area contributed by atoms with Gasteiger partial charge in [-0.15, -0.1) is 0 Å². The fourth-order valence-electron chi connectivity index (χ4n) is 4.84. The van der Waals surface area contributed by atoms with Crippen LogP contribution in [-0.2, 0) is 6.42 Å². The number of nitrogens with zero attached hydrogens (tertiary/aromatic N) is 2. The number of aryl methyl sites for hydroxylation is 1. The quantitative estimate of drug-likeness (QED) is 0.717. The first-order valence-electron chi connectivity index (χ1n) is 10.7. The van der Waals surface area contributed by atoms with Crippen LogP contribution in [-0.4, -0.2) is 33.6 Å². The lowest BCUT2D eigenvalue weighted by Gasteiger charge is -2.29. The first kappa shape index (κ1) is 20.6. The number of nitrogens with two attached hydrogens (primary N) is 2. The van der Waals surface area contributed by atoms with E-state index in [4.69, 9.17) is 11.5 Å². The number of primary amides is 1. The molecule has 0 unspecified atom stereocenters. The van der Waals surface area contributed by atoms with E-state index in [9.17, 15) is 9.59 Å². The lowest BCUT2D eigenvalue weighted by molar-refractivity contribution is 0.0909. The van der Waals surface area contributed by atoms with Gasteiger partial charge in [-0.1, -0.05) is 13.8 Å². The lowest BCUT2D eigenvalue weighted by Crippen LogP contribution is -2.33. The monoisotopic (exact) mass is 409 g/mol. The van der Waals surface area contributed by atoms with Crippen molar-refractivity contribution in [3.63, 3.8) is 0 Å². The van der Waals surface area contributed by atoms with Crippen LogP contribution in [0.3, 0.4) is 0 Å². The van der Waals surface area contributed by atoms with Crippen LogP contribution in [0.1, 0.15) is 78.1 Å². The smallest absolute Gasteiger partial charge is 0.250 e. The molecule has 0 radical (unpaired) electrons. The van der Waals surface area contributed by atoms with E-state index in [0.717, 1.165) is 54.7 Å². The Morgan fingerprint density at radius 1 is 1.20 bits per heavy atom. The van der Waals surface area contributed by atoms with Crippen molar-refractivity contribution < 1.29 is 9.59 Å². The number of ketones is 1. The highest BCUT2D eigenvalue weighted by molar-refractivity contribution is 6.00. The number of nitrogens with one attached hydrogen (secondary N) is 1. The summed E-state index contributed by atoms with van der Waals surface area (Å²) in [6.07, 6.45) is 5.16. The summed E-state index contributed by atoms with van der Waals surface area (Å²) < 4.78 is 1.86. The number of hydrogen-bond donors (Lipinski definition) is 3. The van der Waals surface area contributed by atoms with Crippen molar-refractivity contribution in [2.75, 3.05) is 5.32 Å². The van der Waals surface area contributed by atoms with Gasteiger partial charge in [0.1, 0.15) is 0 Å². The number of anilines is 1. The Labute approximate surface area is 177 Å². The van der Waals surface area contributed by atoms with Crippen LogP contribution in [0.4, 0.5) is 5.69 Å². The zero-order valence-electron chi connectivity index (χ0n) is 18.0. The van der Waals surface area contributed by atoms with Crippen molar-refractivity contribution in [2.24, 2.45) is 16.9 Å². The molecule has 7 heteroatoms. The number of aromatic nitrogens is 2. The van der Waals surface area contributed by atoms with Gasteiger partial charge in [0.05, 0.1) is 28.2 Å². The van der Waals surface area contributed by atoms with E-state index in [2.05, 4.69) is 24.3 Å². The normalized spacial score (nSPS) is 23.1. The van der Waals surface area contributed by atoms with E-state index in [1.807, 2.05) is 23.7 Å². The molecule has 2 aromatic rings. The summed E-state index contributed by atoms with van der Waals surface area (Å²) in [5.41, 5.74) is 16.0. The number of amides is 1. The first-order chi connectivity index (χ1) is 14.1. The van der Waals surface area contributed by atoms with E-state index in [1.54, 1.807) is 6.07 Å². The second kappa shape index (κ2) is 7.54. The minimum atomic E-state index is -0.466. The molecule has 0 saturated heterocycles. The van der Waals surface area contributed by atoms with Gasteiger partial charge in [-0.2, -0.15) is 5.10 Å². The Hall–Kier alpha value is -2.67. The summed E-state index contributed by atoms with van der Waals surface area (Å²) in [5.74, 6) is -0.317. The van der Waals surface area contributed by atoms with E-state index >= 15 is 0 Å². The summed E-state index contributed by atoms with van der Waals surface area (Å²) in [6, 6.07) is 6.03. The molecule has 5 N–H and O–H groups in total. The molecule has 0 aliphatic heterocycles. The van der Waals surface area contributed by atoms with Gasteiger partial charge in [-0.3, -0.25) is 9.59 Å². The molecule has 160 valence electrons. The minimum absolute atomic E-state index is 0.108. The third kappa shape index (κ3) is 3.86. The SMILES string of the molecule is Cc1nn(-c2ccc(C(N)=O)c(NC3CCC(N)CC3)c2)c2c1C(=O)CC(C)(C)C2. The Morgan fingerprint density at radius 3 is 2.57 bits per heavy atom. The molecule has 4 rings (SSSR count). The Kier molecular flexibility index (Phi) is 5.18. The van der Waals surface area contributed by atoms with Crippen molar-refractivity contribution in [1.82, 2.24) is 9.78 Å². The van der Waals surface area contributed by atoms with E-state index in [1.165, 1.54) is 0 Å². The van der Waals surface area contributed by atoms with Crippen LogP contribution >= 0.6 is 0 Å². The highest BCUT2D eigenvalue weighted by Gasteiger charge is 2.35. The van der Waals surface area contributed by atoms with Gasteiger partial charge in [0.15, 0.2) is 5.78 Å². The fourth-order valence-corrected chi connectivity index (χ4v) is 4.84. The maximum absolute atomic E-state index is 12.7. The summed E-state index contributed by atoms with van der Waals surface area (Å²) in [5, 5.41) is 8.20. The second-order valence-electron chi connectivity index (χ2n) is 9.61. The highest BCUT2D eigenvalue weighted by Crippen LogP contribution is 2.37. The van der Waals surface area contributed by atoms with E-state index in [0.29, 0.717) is 17.7 Å². The van der Waals surface area contributed by atoms with Gasteiger partial charge in [-0.25, -0.2) is 4.68 Å². The van der Waals surface area contributed by atoms with Gasteiger partial charge >= 0.3 is 0 Å². The largest absolute Gasteiger partial charge is 0.382 e. The standard InChI is InChI=1S/C23H31N5O2/c1-13-21-19(11-23(2,3)12-20(21)29)28(27-13)16-8-9-17(22(25)30)18(10-16)26-15-6-4-14(24)5-7-15/h8-10,14-15,26H,4-7,11-12,24H2,1-3H3,(H2,25,30). The zero-order valence-corrected chi connectivity index (χ0v) is 18.0. The lowest BCUT2D eigenvalue weighted by atomic mass is 9.75. The second-order valence-corrected chi connectivity index (χ2v) is 9.61. The zero-order chi connectivity index (χ0) is 21.6. The van der Waals surface area contributed by atoms with Crippen LogP contribution < -0.4 is 16.8 Å². The minimum Gasteiger partial charge on any atom is -0.382 e. The maximum Gasteiger partial charge on any atom is 0.250 e. The predicted molar refractivity (Wildman–Crippen MR) is 117 cm³/mol. The molecule has 2 aliphatic rings. The number of carbonyl (C=O) groups excluding carboxylic acids is 2. The molecule has 2 aliphatic carbocycles. The number of Topliss-reactive ketones (excluding diaryl/α,β-unsaturated/α-hetero) is 1. The van der Waals surface area contributed by atoms with Crippen LogP contribution in [0.2, 0.25) is 0 Å². The number of carbonyl (C=O) groups is 2. The van der Waals surface area contributed by atoms with Gasteiger partial charge in [0.25, 0.3) is 5.91 Å². The summed E-state index contributed by atoms with van der Waals surface area (Å²) in [6.45, 7) is 6.10. The van der Waals surface area contributed by atoms with Crippen LogP contribution in [0.25, 0.3) is 5.69 Å². The van der Waals surface area contributed by atoms with Crippen molar-refractivity contribution in [3.8, 4) is 5.69 Å². The first-order valence-corrected chi connectivity index (χ1v) is 10.7. The van der Waals surface area contributed by atoms with Crippen LogP contribution in [0.15, 0.2) is 18.2 Å². The average Bonchev–Trinajstić information content (AvgIpc) is 2.98. The molecule has 1 amide bonds. The molecule has 0 bridgehead atoms. The van der Waals surface area contributed by atoms with Crippen LogP contribution in [0.5, 0.6) is 0 Å². The van der Waals surface area contributed by atoms with Crippen molar-refractivity contribution in [1.29, 1.82) is 0 Å². The summed E-state index contributed by atoms with van der Waals surface area (Å²) in [4.78, 5) is 24.8. The number of hydrogen-bond acceptors (Lipinski definition) is 5. The van der Waals surface area contributed by atoms with Crippen molar-refractivity contribution in [2.45, 2.75) is 71.4 Å². The molecule has 30 heavy (non-hydrogen) atoms. The molecular weight excluding hydrogens is 378 g/mol. The van der Waals surface area contributed by atoms with Crippen molar-refractivity contribution >= 4 is 17.4 Å². The molecular formula is C23H31N5O2. The third-order valence-electron chi connectivity index (χ3n) is 6.36. The Balaban J connectivity index is 1.73. The number of fused-ring (bicyclic) bond motifs is 1. The van der Waals surface area contributed by atoms with E-state index < -0.39 is 5.91 Å². The fraction of sp³-hybridized carbons (Fsp3) is 0.522. The average molecular weight is 410 g/mol. The maximum atomic E-state index is 12.7. The van der Waals surface area contributed by atoms with Gasteiger partial charge in [-0.05, 0) is 62.6 Å². The molecule has 1 heterocycles. The molecule has 1 aromatic heterocycles. The number of rotatable bonds is 4. The van der Waals surface area contributed by atoms with E-state index in [-0.39, 0.29) is 23.3 Å². The predicted octanol–water partition coefficient (Wildman–Crippen LogP) is 3.12. The Morgan fingerprint density at radius 2 is 1.90 bits per heavy atom. The van der Waals surface area contributed by atoms with Crippen LogP contribution in [0, 0.1) is 12.3 Å². The van der Waals surface area contributed by atoms with Crippen molar-refractivity contribution in [3.05, 3.63) is 40.7 Å². The summed E-state index contributed by atoms with van der Waals surface area (Å²) >= 11 is 0. The third-order valence-corrected chi connectivity index (χ3v) is 6.36.